The smallest absolute Gasteiger partial charge is 0.191 e. The van der Waals surface area contributed by atoms with Gasteiger partial charge in [-0.1, -0.05) is 12.1 Å². The first kappa shape index (κ1) is 20.5. The van der Waals surface area contributed by atoms with E-state index in [2.05, 4.69) is 20.5 Å². The molecule has 1 heterocycles. The molecule has 6 nitrogen and oxygen atoms in total. The summed E-state index contributed by atoms with van der Waals surface area (Å²) in [5.74, 6) is 0.675. The second kappa shape index (κ2) is 11.7. The van der Waals surface area contributed by atoms with Gasteiger partial charge < -0.3 is 20.1 Å². The number of morpholine rings is 1. The summed E-state index contributed by atoms with van der Waals surface area (Å²) in [4.78, 5) is 6.95. The van der Waals surface area contributed by atoms with Gasteiger partial charge in [0.05, 0.1) is 19.8 Å². The maximum atomic E-state index is 13.6. The number of aliphatic imine (C=N–C) groups is 1. The molecule has 1 aromatic carbocycles. The third kappa shape index (κ3) is 7.58. The molecule has 0 radical (unpaired) electrons. The van der Waals surface area contributed by atoms with Crippen LogP contribution in [-0.4, -0.2) is 69.4 Å². The Morgan fingerprint density at radius 1 is 1.31 bits per heavy atom. The van der Waals surface area contributed by atoms with Crippen molar-refractivity contribution in [3.05, 3.63) is 30.1 Å². The summed E-state index contributed by atoms with van der Waals surface area (Å²) in [5.41, 5.74) is 0. The van der Waals surface area contributed by atoms with Crippen LogP contribution < -0.4 is 15.4 Å². The third-order valence-corrected chi connectivity index (χ3v) is 4.06. The average Bonchev–Trinajstić information content (AvgIpc) is 2.66. The van der Waals surface area contributed by atoms with Gasteiger partial charge in [0.25, 0.3) is 0 Å². The summed E-state index contributed by atoms with van der Waals surface area (Å²) in [7, 11) is 0. The van der Waals surface area contributed by atoms with Gasteiger partial charge in [0.15, 0.2) is 17.5 Å². The van der Waals surface area contributed by atoms with Gasteiger partial charge in [-0.05, 0) is 38.9 Å². The van der Waals surface area contributed by atoms with Gasteiger partial charge in [-0.2, -0.15) is 0 Å². The number of ether oxygens (including phenoxy) is 2. The zero-order chi connectivity index (χ0) is 18.6. The minimum Gasteiger partial charge on any atom is -0.486 e. The fourth-order valence-electron chi connectivity index (χ4n) is 2.69. The van der Waals surface area contributed by atoms with Crippen molar-refractivity contribution in [1.82, 2.24) is 15.5 Å². The molecule has 1 atom stereocenters. The molecule has 1 aromatic rings. The second-order valence-electron chi connectivity index (χ2n) is 6.31. The molecule has 1 fully saturated rings. The van der Waals surface area contributed by atoms with Crippen LogP contribution in [0.25, 0.3) is 0 Å². The number of benzene rings is 1. The van der Waals surface area contributed by atoms with Crippen molar-refractivity contribution in [2.24, 2.45) is 4.99 Å². The lowest BCUT2D eigenvalue weighted by Crippen LogP contribution is -2.41. The summed E-state index contributed by atoms with van der Waals surface area (Å²) >= 11 is 0. The maximum Gasteiger partial charge on any atom is 0.191 e. The van der Waals surface area contributed by atoms with Gasteiger partial charge in [-0.3, -0.25) is 4.90 Å². The lowest BCUT2D eigenvalue weighted by atomic mass is 10.3. The number of halogens is 1. The Morgan fingerprint density at radius 3 is 2.81 bits per heavy atom. The van der Waals surface area contributed by atoms with Crippen LogP contribution in [0.4, 0.5) is 4.39 Å². The molecule has 7 heteroatoms. The zero-order valence-electron chi connectivity index (χ0n) is 15.8. The number of hydrogen-bond donors (Lipinski definition) is 2. The van der Waals surface area contributed by atoms with Crippen molar-refractivity contribution >= 4 is 5.96 Å². The predicted octanol–water partition coefficient (Wildman–Crippen LogP) is 1.87. The number of rotatable bonds is 9. The summed E-state index contributed by atoms with van der Waals surface area (Å²) in [6.07, 6.45) is 0.835. The molecule has 0 amide bonds. The predicted molar refractivity (Wildman–Crippen MR) is 102 cm³/mol. The van der Waals surface area contributed by atoms with Crippen LogP contribution in [0.3, 0.4) is 0 Å². The average molecular weight is 366 g/mol. The largest absolute Gasteiger partial charge is 0.486 e. The highest BCUT2D eigenvalue weighted by molar-refractivity contribution is 5.79. The Labute approximate surface area is 155 Å². The van der Waals surface area contributed by atoms with Gasteiger partial charge in [0.1, 0.15) is 6.10 Å². The minimum absolute atomic E-state index is 0.212. The maximum absolute atomic E-state index is 13.6. The number of nitrogens with one attached hydrogen (secondary N) is 2. The van der Waals surface area contributed by atoms with E-state index in [0.29, 0.717) is 6.54 Å². The molecule has 2 rings (SSSR count). The number of para-hydroxylation sites is 1. The molecular weight excluding hydrogens is 335 g/mol. The van der Waals surface area contributed by atoms with E-state index in [1.54, 1.807) is 18.2 Å². The van der Waals surface area contributed by atoms with Gasteiger partial charge in [0.2, 0.25) is 0 Å². The Hall–Kier alpha value is -1.86. The molecule has 0 bridgehead atoms. The fourth-order valence-corrected chi connectivity index (χ4v) is 2.69. The second-order valence-corrected chi connectivity index (χ2v) is 6.31. The van der Waals surface area contributed by atoms with Gasteiger partial charge in [-0.25, -0.2) is 9.38 Å². The van der Waals surface area contributed by atoms with E-state index in [4.69, 9.17) is 9.47 Å². The molecule has 0 spiro atoms. The summed E-state index contributed by atoms with van der Waals surface area (Å²) < 4.78 is 24.6. The molecule has 1 saturated heterocycles. The number of nitrogens with zero attached hydrogens (tertiary/aromatic N) is 2. The minimum atomic E-state index is -0.350. The molecule has 1 aliphatic rings. The van der Waals surface area contributed by atoms with Crippen molar-refractivity contribution < 1.29 is 13.9 Å². The molecule has 1 unspecified atom stereocenters. The van der Waals surface area contributed by atoms with Crippen molar-refractivity contribution in [3.8, 4) is 5.75 Å². The van der Waals surface area contributed by atoms with E-state index in [1.165, 1.54) is 6.07 Å². The van der Waals surface area contributed by atoms with Gasteiger partial charge >= 0.3 is 0 Å². The van der Waals surface area contributed by atoms with Crippen LogP contribution in [0, 0.1) is 5.82 Å². The quantitative estimate of drug-likeness (QED) is 0.397. The van der Waals surface area contributed by atoms with Crippen LogP contribution in [0.2, 0.25) is 0 Å². The highest BCUT2D eigenvalue weighted by atomic mass is 19.1. The molecule has 26 heavy (non-hydrogen) atoms. The molecule has 2 N–H and O–H groups in total. The normalized spacial score (nSPS) is 17.0. The van der Waals surface area contributed by atoms with E-state index in [-0.39, 0.29) is 17.7 Å². The monoisotopic (exact) mass is 366 g/mol. The molecular formula is C19H31FN4O2. The Morgan fingerprint density at radius 2 is 2.08 bits per heavy atom. The van der Waals surface area contributed by atoms with Crippen LogP contribution in [-0.2, 0) is 4.74 Å². The van der Waals surface area contributed by atoms with Crippen molar-refractivity contribution in [3.63, 3.8) is 0 Å². The highest BCUT2D eigenvalue weighted by Gasteiger charge is 2.10. The first-order chi connectivity index (χ1) is 12.7. The van der Waals surface area contributed by atoms with E-state index < -0.39 is 0 Å². The van der Waals surface area contributed by atoms with E-state index in [1.807, 2.05) is 13.8 Å². The van der Waals surface area contributed by atoms with Crippen LogP contribution in [0.5, 0.6) is 5.75 Å². The van der Waals surface area contributed by atoms with Gasteiger partial charge in [0, 0.05) is 26.2 Å². The molecule has 0 saturated carbocycles. The summed E-state index contributed by atoms with van der Waals surface area (Å²) in [6.45, 7) is 10.8. The molecule has 1 aliphatic heterocycles. The Balaban J connectivity index is 1.71. The number of hydrogen-bond acceptors (Lipinski definition) is 4. The summed E-state index contributed by atoms with van der Waals surface area (Å²) in [6, 6.07) is 6.43. The number of guanidine groups is 1. The van der Waals surface area contributed by atoms with Crippen molar-refractivity contribution in [2.75, 3.05) is 52.5 Å². The summed E-state index contributed by atoms with van der Waals surface area (Å²) in [5, 5.41) is 6.57. The zero-order valence-corrected chi connectivity index (χ0v) is 15.8. The Bertz CT molecular complexity index is 550. The SMILES string of the molecule is CCNC(=NCC(C)Oc1ccccc1F)NCCCN1CCOCC1. The van der Waals surface area contributed by atoms with E-state index >= 15 is 0 Å². The van der Waals surface area contributed by atoms with Crippen LogP contribution in [0.1, 0.15) is 20.3 Å². The Kier molecular flexibility index (Phi) is 9.20. The first-order valence-corrected chi connectivity index (χ1v) is 9.42. The first-order valence-electron chi connectivity index (χ1n) is 9.42. The molecule has 146 valence electrons. The van der Waals surface area contributed by atoms with Crippen molar-refractivity contribution in [2.45, 2.75) is 26.4 Å². The van der Waals surface area contributed by atoms with Crippen LogP contribution >= 0.6 is 0 Å². The van der Waals surface area contributed by atoms with Crippen molar-refractivity contribution in [1.29, 1.82) is 0 Å². The topological polar surface area (TPSA) is 58.1 Å². The van der Waals surface area contributed by atoms with Gasteiger partial charge in [-0.15, -0.1) is 0 Å². The lowest BCUT2D eigenvalue weighted by molar-refractivity contribution is 0.0376. The standard InChI is InChI=1S/C19H31FN4O2/c1-3-21-19(22-9-6-10-24-11-13-25-14-12-24)23-15-16(2)26-18-8-5-4-7-17(18)20/h4-5,7-8,16H,3,6,9-15H2,1-2H3,(H2,21,22,23). The highest BCUT2D eigenvalue weighted by Crippen LogP contribution is 2.16. The van der Waals surface area contributed by atoms with E-state index in [9.17, 15) is 4.39 Å². The van der Waals surface area contributed by atoms with E-state index in [0.717, 1.165) is 58.3 Å². The fraction of sp³-hybridized carbons (Fsp3) is 0.632. The third-order valence-electron chi connectivity index (χ3n) is 4.06. The molecule has 0 aromatic heterocycles. The van der Waals surface area contributed by atoms with Crippen LogP contribution in [0.15, 0.2) is 29.3 Å². The molecule has 0 aliphatic carbocycles. The lowest BCUT2D eigenvalue weighted by Gasteiger charge is -2.26.